The first-order valence-corrected chi connectivity index (χ1v) is 8.31. The lowest BCUT2D eigenvalue weighted by Gasteiger charge is -2.34. The Hall–Kier alpha value is -3.29. The normalized spacial score (nSPS) is 14.0. The zero-order valence-corrected chi connectivity index (χ0v) is 14.2. The highest BCUT2D eigenvalue weighted by Gasteiger charge is 2.25. The average molecular weight is 353 g/mol. The average Bonchev–Trinajstić information content (AvgIpc) is 2.72. The molecule has 1 aromatic heterocycles. The summed E-state index contributed by atoms with van der Waals surface area (Å²) >= 11 is 0. The highest BCUT2D eigenvalue weighted by Crippen LogP contribution is 2.06. The van der Waals surface area contributed by atoms with Gasteiger partial charge in [0.2, 0.25) is 5.91 Å². The molecule has 0 radical (unpaired) electrons. The molecular weight excluding hydrogens is 334 g/mol. The maximum Gasteiger partial charge on any atom is 0.274 e. The van der Waals surface area contributed by atoms with Gasteiger partial charge in [0.05, 0.1) is 12.7 Å². The van der Waals surface area contributed by atoms with Gasteiger partial charge in [-0.2, -0.15) is 0 Å². The van der Waals surface area contributed by atoms with Crippen LogP contribution in [0.25, 0.3) is 0 Å². The van der Waals surface area contributed by atoms with Gasteiger partial charge in [-0.1, -0.05) is 18.2 Å². The van der Waals surface area contributed by atoms with Crippen LogP contribution in [-0.2, 0) is 4.79 Å². The maximum absolute atomic E-state index is 12.3. The van der Waals surface area contributed by atoms with Crippen LogP contribution in [0.15, 0.2) is 48.9 Å². The van der Waals surface area contributed by atoms with E-state index in [0.29, 0.717) is 37.4 Å². The van der Waals surface area contributed by atoms with Crippen LogP contribution in [0.3, 0.4) is 0 Å². The van der Waals surface area contributed by atoms with Crippen molar-refractivity contribution in [2.24, 2.45) is 0 Å². The molecule has 2 aromatic rings. The SMILES string of the molecule is O=C(NCC(=O)N1CCN(C(=O)c2cnccn2)CC1)c1ccccc1. The summed E-state index contributed by atoms with van der Waals surface area (Å²) < 4.78 is 0. The lowest BCUT2D eigenvalue weighted by Crippen LogP contribution is -2.52. The molecule has 1 saturated heterocycles. The van der Waals surface area contributed by atoms with Crippen LogP contribution in [0.1, 0.15) is 20.8 Å². The van der Waals surface area contributed by atoms with E-state index in [4.69, 9.17) is 0 Å². The van der Waals surface area contributed by atoms with Gasteiger partial charge in [-0.05, 0) is 12.1 Å². The second kappa shape index (κ2) is 8.19. The molecule has 0 bridgehead atoms. The molecule has 0 atom stereocenters. The summed E-state index contributed by atoms with van der Waals surface area (Å²) in [6.45, 7) is 1.63. The third-order valence-electron chi connectivity index (χ3n) is 4.14. The van der Waals surface area contributed by atoms with Gasteiger partial charge in [0, 0.05) is 44.1 Å². The number of piperazine rings is 1. The van der Waals surface area contributed by atoms with E-state index in [2.05, 4.69) is 15.3 Å². The van der Waals surface area contributed by atoms with Crippen molar-refractivity contribution in [3.63, 3.8) is 0 Å². The minimum atomic E-state index is -0.282. The molecule has 0 unspecified atom stereocenters. The number of amides is 3. The summed E-state index contributed by atoms with van der Waals surface area (Å²) in [6, 6.07) is 8.74. The maximum atomic E-state index is 12.3. The molecule has 8 heteroatoms. The van der Waals surface area contributed by atoms with Crippen molar-refractivity contribution in [3.8, 4) is 0 Å². The van der Waals surface area contributed by atoms with Crippen LogP contribution >= 0.6 is 0 Å². The van der Waals surface area contributed by atoms with Crippen molar-refractivity contribution >= 4 is 17.7 Å². The Labute approximate surface area is 150 Å². The molecular formula is C18H19N5O3. The van der Waals surface area contributed by atoms with E-state index in [0.717, 1.165) is 0 Å². The fraction of sp³-hybridized carbons (Fsp3) is 0.278. The number of rotatable bonds is 4. The number of nitrogens with one attached hydrogen (secondary N) is 1. The van der Waals surface area contributed by atoms with Gasteiger partial charge in [0.15, 0.2) is 0 Å². The minimum Gasteiger partial charge on any atom is -0.343 e. The smallest absolute Gasteiger partial charge is 0.274 e. The Morgan fingerprint density at radius 3 is 2.31 bits per heavy atom. The molecule has 0 spiro atoms. The lowest BCUT2D eigenvalue weighted by atomic mass is 10.2. The first-order chi connectivity index (χ1) is 12.6. The zero-order chi connectivity index (χ0) is 18.4. The van der Waals surface area contributed by atoms with Crippen LogP contribution in [0.4, 0.5) is 0 Å². The van der Waals surface area contributed by atoms with E-state index >= 15 is 0 Å². The number of carbonyl (C=O) groups is 3. The zero-order valence-electron chi connectivity index (χ0n) is 14.2. The molecule has 0 aliphatic carbocycles. The molecule has 26 heavy (non-hydrogen) atoms. The van der Waals surface area contributed by atoms with Gasteiger partial charge in [-0.25, -0.2) is 4.98 Å². The number of benzene rings is 1. The largest absolute Gasteiger partial charge is 0.343 e. The van der Waals surface area contributed by atoms with Crippen molar-refractivity contribution in [2.45, 2.75) is 0 Å². The number of aromatic nitrogens is 2. The van der Waals surface area contributed by atoms with Crippen LogP contribution in [0, 0.1) is 0 Å². The van der Waals surface area contributed by atoms with Gasteiger partial charge in [0.1, 0.15) is 5.69 Å². The molecule has 1 N–H and O–H groups in total. The third-order valence-corrected chi connectivity index (χ3v) is 4.14. The number of hydrogen-bond acceptors (Lipinski definition) is 5. The quantitative estimate of drug-likeness (QED) is 0.847. The second-order valence-electron chi connectivity index (χ2n) is 5.81. The summed E-state index contributed by atoms with van der Waals surface area (Å²) in [4.78, 5) is 47.8. The van der Waals surface area contributed by atoms with Crippen LogP contribution in [0.5, 0.6) is 0 Å². The van der Waals surface area contributed by atoms with Crippen LogP contribution in [0.2, 0.25) is 0 Å². The van der Waals surface area contributed by atoms with E-state index in [1.54, 1.807) is 34.1 Å². The summed E-state index contributed by atoms with van der Waals surface area (Å²) in [6.07, 6.45) is 4.42. The van der Waals surface area contributed by atoms with Crippen molar-refractivity contribution in [1.29, 1.82) is 0 Å². The summed E-state index contributed by atoms with van der Waals surface area (Å²) in [5, 5.41) is 2.63. The summed E-state index contributed by atoms with van der Waals surface area (Å²) in [7, 11) is 0. The third kappa shape index (κ3) is 4.21. The van der Waals surface area contributed by atoms with Crippen LogP contribution < -0.4 is 5.32 Å². The predicted molar refractivity (Wildman–Crippen MR) is 93.3 cm³/mol. The molecule has 1 aliphatic rings. The number of carbonyl (C=O) groups excluding carboxylic acids is 3. The van der Waals surface area contributed by atoms with Gasteiger partial charge in [-0.15, -0.1) is 0 Å². The van der Waals surface area contributed by atoms with E-state index in [9.17, 15) is 14.4 Å². The molecule has 8 nitrogen and oxygen atoms in total. The molecule has 1 aliphatic heterocycles. The van der Waals surface area contributed by atoms with Crippen molar-refractivity contribution in [1.82, 2.24) is 25.1 Å². The Balaban J connectivity index is 1.46. The van der Waals surface area contributed by atoms with E-state index in [1.165, 1.54) is 18.6 Å². The topological polar surface area (TPSA) is 95.5 Å². The molecule has 134 valence electrons. The molecule has 3 rings (SSSR count). The molecule has 1 aromatic carbocycles. The Bertz CT molecular complexity index is 774. The molecule has 2 heterocycles. The first kappa shape index (κ1) is 17.5. The Morgan fingerprint density at radius 2 is 1.65 bits per heavy atom. The highest BCUT2D eigenvalue weighted by molar-refractivity contribution is 5.96. The Kier molecular flexibility index (Phi) is 5.52. The van der Waals surface area contributed by atoms with Crippen molar-refractivity contribution in [2.75, 3.05) is 32.7 Å². The monoisotopic (exact) mass is 353 g/mol. The van der Waals surface area contributed by atoms with Gasteiger partial charge >= 0.3 is 0 Å². The molecule has 0 saturated carbocycles. The van der Waals surface area contributed by atoms with E-state index in [-0.39, 0.29) is 24.3 Å². The van der Waals surface area contributed by atoms with E-state index in [1.807, 2.05) is 6.07 Å². The molecule has 3 amide bonds. The minimum absolute atomic E-state index is 0.0637. The van der Waals surface area contributed by atoms with Gasteiger partial charge in [-0.3, -0.25) is 19.4 Å². The van der Waals surface area contributed by atoms with Crippen molar-refractivity contribution in [3.05, 3.63) is 60.2 Å². The first-order valence-electron chi connectivity index (χ1n) is 8.31. The predicted octanol–water partition coefficient (Wildman–Crippen LogP) is 0.191. The number of nitrogens with zero attached hydrogens (tertiary/aromatic N) is 4. The second-order valence-corrected chi connectivity index (χ2v) is 5.81. The fourth-order valence-corrected chi connectivity index (χ4v) is 2.69. The molecule has 1 fully saturated rings. The van der Waals surface area contributed by atoms with Gasteiger partial charge in [0.25, 0.3) is 11.8 Å². The van der Waals surface area contributed by atoms with Crippen LogP contribution in [-0.4, -0.2) is 70.2 Å². The van der Waals surface area contributed by atoms with Gasteiger partial charge < -0.3 is 15.1 Å². The number of hydrogen-bond donors (Lipinski definition) is 1. The fourth-order valence-electron chi connectivity index (χ4n) is 2.69. The highest BCUT2D eigenvalue weighted by atomic mass is 16.2. The standard InChI is InChI=1S/C18H19N5O3/c24-16(13-21-17(25)14-4-2-1-3-5-14)22-8-10-23(11-9-22)18(26)15-12-19-6-7-20-15/h1-7,12H,8-11,13H2,(H,21,25). The van der Waals surface area contributed by atoms with Crippen molar-refractivity contribution < 1.29 is 14.4 Å². The summed E-state index contributed by atoms with van der Waals surface area (Å²) in [5.74, 6) is -0.640. The van der Waals surface area contributed by atoms with E-state index < -0.39 is 0 Å². The summed E-state index contributed by atoms with van der Waals surface area (Å²) in [5.41, 5.74) is 0.807. The Morgan fingerprint density at radius 1 is 0.962 bits per heavy atom. The lowest BCUT2D eigenvalue weighted by molar-refractivity contribution is -0.131.